The Labute approximate surface area is 67.0 Å². The first-order valence-electron chi connectivity index (χ1n) is 3.55. The van der Waals surface area contributed by atoms with E-state index in [1.807, 2.05) is 24.6 Å². The summed E-state index contributed by atoms with van der Waals surface area (Å²) in [7, 11) is 1.96. The zero-order chi connectivity index (χ0) is 8.59. The van der Waals surface area contributed by atoms with Crippen molar-refractivity contribution in [3.63, 3.8) is 0 Å². The van der Waals surface area contributed by atoms with E-state index < -0.39 is 0 Å². The third-order valence-corrected chi connectivity index (χ3v) is 2.16. The van der Waals surface area contributed by atoms with Gasteiger partial charge in [-0.05, 0) is 12.5 Å². The first kappa shape index (κ1) is 7.86. The van der Waals surface area contributed by atoms with E-state index >= 15 is 0 Å². The van der Waals surface area contributed by atoms with Crippen molar-refractivity contribution < 1.29 is 0 Å². The second-order valence-corrected chi connectivity index (χ2v) is 2.70. The maximum Gasteiger partial charge on any atom is 0.0411 e. The van der Waals surface area contributed by atoms with Crippen molar-refractivity contribution in [3.05, 3.63) is 28.4 Å². The molecule has 0 atom stereocenters. The molecule has 1 rings (SSSR count). The van der Waals surface area contributed by atoms with Gasteiger partial charge in [0.2, 0.25) is 0 Å². The minimum absolute atomic E-state index is 0.988. The minimum Gasteiger partial charge on any atom is -0.345 e. The lowest BCUT2D eigenvalue weighted by Crippen LogP contribution is -2.21. The molecular weight excluding hydrogens is 134 g/mol. The predicted molar refractivity (Wildman–Crippen MR) is 50.5 cm³/mol. The van der Waals surface area contributed by atoms with Crippen molar-refractivity contribution in [3.8, 4) is 0 Å². The Hall–Kier alpha value is -1.24. The number of hydrogen-bond acceptors (Lipinski definition) is 0. The molecule has 1 heterocycles. The highest BCUT2D eigenvalue weighted by Gasteiger charge is 2.00. The Morgan fingerprint density at radius 2 is 1.82 bits per heavy atom. The zero-order valence-corrected chi connectivity index (χ0v) is 7.15. The number of aromatic nitrogens is 1. The molecule has 11 heavy (non-hydrogen) atoms. The topological polar surface area (TPSA) is 4.93 Å². The van der Waals surface area contributed by atoms with Gasteiger partial charge in [0.15, 0.2) is 0 Å². The van der Waals surface area contributed by atoms with E-state index in [0.29, 0.717) is 0 Å². The highest BCUT2D eigenvalue weighted by atomic mass is 14.9. The smallest absolute Gasteiger partial charge is 0.0411 e. The van der Waals surface area contributed by atoms with Gasteiger partial charge in [0.25, 0.3) is 0 Å². The fraction of sp³-hybridized carbons (Fsp3) is 0.200. The summed E-state index contributed by atoms with van der Waals surface area (Å²) in [5, 5.41) is 2.01. The Bertz CT molecular complexity index is 382. The molecular formula is C10H13N. The SMILES string of the molecule is C=Cc1c(C)c(=C)n(C)c1=C. The van der Waals surface area contributed by atoms with Gasteiger partial charge in [-0.1, -0.05) is 25.8 Å². The fourth-order valence-corrected chi connectivity index (χ4v) is 1.24. The predicted octanol–water partition coefficient (Wildman–Crippen LogP) is 0.797. The van der Waals surface area contributed by atoms with Crippen molar-refractivity contribution in [2.45, 2.75) is 6.92 Å². The molecule has 1 nitrogen and oxygen atoms in total. The molecule has 0 radical (unpaired) electrons. The normalized spacial score (nSPS) is 10.0. The van der Waals surface area contributed by atoms with Crippen LogP contribution in [0.3, 0.4) is 0 Å². The maximum absolute atomic E-state index is 3.92. The minimum atomic E-state index is 0.988. The van der Waals surface area contributed by atoms with Crippen molar-refractivity contribution in [2.24, 2.45) is 7.05 Å². The molecule has 1 aromatic rings. The summed E-state index contributed by atoms with van der Waals surface area (Å²) in [6.07, 6.45) is 1.83. The van der Waals surface area contributed by atoms with Gasteiger partial charge in [-0.3, -0.25) is 0 Å². The Morgan fingerprint density at radius 1 is 1.27 bits per heavy atom. The third-order valence-electron chi connectivity index (χ3n) is 2.16. The van der Waals surface area contributed by atoms with Gasteiger partial charge in [0.1, 0.15) is 0 Å². The molecule has 0 aliphatic heterocycles. The Morgan fingerprint density at radius 3 is 2.00 bits per heavy atom. The summed E-state index contributed by atoms with van der Waals surface area (Å²) < 4.78 is 1.98. The van der Waals surface area contributed by atoms with E-state index in [-0.39, 0.29) is 0 Å². The standard InChI is InChI=1S/C10H13N/c1-6-10-7(2)8(3)11(5)9(10)4/h6H,1,3-4H2,2,5H3. The Balaban J connectivity index is 3.76. The van der Waals surface area contributed by atoms with Crippen LogP contribution in [0.2, 0.25) is 0 Å². The van der Waals surface area contributed by atoms with E-state index in [0.717, 1.165) is 16.3 Å². The Kier molecular flexibility index (Phi) is 1.73. The van der Waals surface area contributed by atoms with Crippen LogP contribution < -0.4 is 10.7 Å². The zero-order valence-electron chi connectivity index (χ0n) is 7.15. The van der Waals surface area contributed by atoms with Gasteiger partial charge in [-0.15, -0.1) is 0 Å². The quantitative estimate of drug-likeness (QED) is 0.553. The van der Waals surface area contributed by atoms with E-state index in [1.165, 1.54) is 5.56 Å². The second kappa shape index (κ2) is 2.42. The summed E-state index contributed by atoms with van der Waals surface area (Å²) in [5.41, 5.74) is 2.28. The average Bonchev–Trinajstić information content (AvgIpc) is 2.17. The molecule has 0 saturated heterocycles. The lowest BCUT2D eigenvalue weighted by atomic mass is 10.2. The highest BCUT2D eigenvalue weighted by Crippen LogP contribution is 1.96. The summed E-state index contributed by atoms with van der Waals surface area (Å²) in [6.45, 7) is 13.6. The van der Waals surface area contributed by atoms with E-state index in [4.69, 9.17) is 0 Å². The van der Waals surface area contributed by atoms with Crippen LogP contribution in [-0.2, 0) is 7.05 Å². The lowest BCUT2D eigenvalue weighted by Gasteiger charge is -1.88. The summed E-state index contributed by atoms with van der Waals surface area (Å²) in [6, 6.07) is 0. The molecule has 0 bridgehead atoms. The number of hydrogen-bond donors (Lipinski definition) is 0. The molecule has 0 spiro atoms. The van der Waals surface area contributed by atoms with Crippen LogP contribution in [0.4, 0.5) is 0 Å². The highest BCUT2D eigenvalue weighted by molar-refractivity contribution is 5.52. The van der Waals surface area contributed by atoms with Crippen molar-refractivity contribution in [1.29, 1.82) is 0 Å². The lowest BCUT2D eigenvalue weighted by molar-refractivity contribution is 0.860. The van der Waals surface area contributed by atoms with E-state index in [2.05, 4.69) is 19.7 Å². The van der Waals surface area contributed by atoms with Crippen molar-refractivity contribution in [1.82, 2.24) is 4.57 Å². The van der Waals surface area contributed by atoms with Crippen LogP contribution in [0.15, 0.2) is 6.58 Å². The molecule has 0 aliphatic carbocycles. The fourth-order valence-electron chi connectivity index (χ4n) is 1.24. The summed E-state index contributed by atoms with van der Waals surface area (Å²) in [5.74, 6) is 0. The monoisotopic (exact) mass is 147 g/mol. The van der Waals surface area contributed by atoms with Crippen LogP contribution in [0.1, 0.15) is 11.1 Å². The van der Waals surface area contributed by atoms with Gasteiger partial charge in [0.05, 0.1) is 0 Å². The van der Waals surface area contributed by atoms with Gasteiger partial charge >= 0.3 is 0 Å². The molecule has 0 aliphatic rings. The molecule has 58 valence electrons. The number of nitrogens with zero attached hydrogens (tertiary/aromatic N) is 1. The second-order valence-electron chi connectivity index (χ2n) is 2.70. The summed E-state index contributed by atoms with van der Waals surface area (Å²) in [4.78, 5) is 0. The van der Waals surface area contributed by atoms with Crippen molar-refractivity contribution >= 4 is 19.2 Å². The van der Waals surface area contributed by atoms with Crippen molar-refractivity contribution in [2.75, 3.05) is 0 Å². The van der Waals surface area contributed by atoms with E-state index in [9.17, 15) is 0 Å². The van der Waals surface area contributed by atoms with Crippen LogP contribution >= 0.6 is 0 Å². The molecule has 0 saturated carbocycles. The van der Waals surface area contributed by atoms with Crippen LogP contribution in [0, 0.1) is 6.92 Å². The van der Waals surface area contributed by atoms with Crippen LogP contribution in [-0.4, -0.2) is 4.57 Å². The maximum atomic E-state index is 3.92. The first-order valence-corrected chi connectivity index (χ1v) is 3.55. The van der Waals surface area contributed by atoms with Crippen LogP contribution in [0.25, 0.3) is 19.2 Å². The molecule has 0 N–H and O–H groups in total. The third kappa shape index (κ3) is 0.929. The molecule has 1 aromatic heterocycles. The molecule has 0 fully saturated rings. The molecule has 0 unspecified atom stereocenters. The van der Waals surface area contributed by atoms with E-state index in [1.54, 1.807) is 0 Å². The summed E-state index contributed by atoms with van der Waals surface area (Å²) >= 11 is 0. The van der Waals surface area contributed by atoms with Gasteiger partial charge in [-0.25, -0.2) is 0 Å². The van der Waals surface area contributed by atoms with Gasteiger partial charge in [0, 0.05) is 23.3 Å². The van der Waals surface area contributed by atoms with Gasteiger partial charge in [-0.2, -0.15) is 0 Å². The van der Waals surface area contributed by atoms with Crippen LogP contribution in [0.5, 0.6) is 0 Å². The molecule has 1 heteroatoms. The molecule has 0 aromatic carbocycles. The van der Waals surface area contributed by atoms with Gasteiger partial charge < -0.3 is 4.57 Å². The first-order chi connectivity index (χ1) is 5.09. The average molecular weight is 147 g/mol. The largest absolute Gasteiger partial charge is 0.345 e. The molecule has 0 amide bonds. The number of rotatable bonds is 1.